The van der Waals surface area contributed by atoms with Crippen molar-refractivity contribution in [2.75, 3.05) is 13.1 Å². The Labute approximate surface area is 109 Å². The lowest BCUT2D eigenvalue weighted by atomic mass is 9.87. The van der Waals surface area contributed by atoms with Crippen LogP contribution in [0.25, 0.3) is 0 Å². The quantitative estimate of drug-likeness (QED) is 0.842. The van der Waals surface area contributed by atoms with Crippen molar-refractivity contribution in [2.24, 2.45) is 11.8 Å². The van der Waals surface area contributed by atoms with E-state index in [9.17, 15) is 5.11 Å². The predicted molar refractivity (Wildman–Crippen MR) is 72.1 cm³/mol. The Morgan fingerprint density at radius 3 is 2.72 bits per heavy atom. The Kier molecular flexibility index (Phi) is 4.78. The van der Waals surface area contributed by atoms with Crippen molar-refractivity contribution in [1.82, 2.24) is 14.9 Å². The second-order valence-electron chi connectivity index (χ2n) is 5.89. The van der Waals surface area contributed by atoms with Crippen LogP contribution in [0.1, 0.15) is 38.8 Å². The summed E-state index contributed by atoms with van der Waals surface area (Å²) in [5, 5.41) is 10.2. The molecule has 4 heteroatoms. The molecule has 1 aliphatic rings. The Balaban J connectivity index is 1.74. The van der Waals surface area contributed by atoms with Gasteiger partial charge >= 0.3 is 0 Å². The minimum absolute atomic E-state index is 0.112. The number of nitrogens with zero attached hydrogens (tertiary/aromatic N) is 2. The fourth-order valence-corrected chi connectivity index (χ4v) is 2.78. The number of rotatable bonds is 5. The zero-order chi connectivity index (χ0) is 13.0. The zero-order valence-corrected chi connectivity index (χ0v) is 11.5. The number of nitrogens with one attached hydrogen (secondary N) is 1. The topological polar surface area (TPSA) is 52.1 Å². The summed E-state index contributed by atoms with van der Waals surface area (Å²) in [6.45, 7) is 7.47. The number of hydrogen-bond acceptors (Lipinski definition) is 3. The number of H-pyrrole nitrogens is 1. The molecule has 102 valence electrons. The molecule has 0 saturated carbocycles. The molecule has 1 aromatic heterocycles. The minimum Gasteiger partial charge on any atom is -0.393 e. The van der Waals surface area contributed by atoms with Crippen molar-refractivity contribution >= 4 is 0 Å². The SMILES string of the molecule is CC(C)CC(O)C1CCN(Cc2cnc[nH]2)CC1. The monoisotopic (exact) mass is 251 g/mol. The van der Waals surface area contributed by atoms with Gasteiger partial charge in [0.1, 0.15) is 0 Å². The summed E-state index contributed by atoms with van der Waals surface area (Å²) < 4.78 is 0. The maximum absolute atomic E-state index is 10.2. The number of imidazole rings is 1. The van der Waals surface area contributed by atoms with E-state index in [1.807, 2.05) is 6.20 Å². The number of aromatic nitrogens is 2. The standard InChI is InChI=1S/C14H25N3O/c1-11(2)7-14(18)12-3-5-17(6-4-12)9-13-8-15-10-16-13/h8,10-12,14,18H,3-7,9H2,1-2H3,(H,15,16). The molecule has 2 heterocycles. The third-order valence-electron chi connectivity index (χ3n) is 3.84. The molecule has 2 rings (SSSR count). The van der Waals surface area contributed by atoms with Gasteiger partial charge in [0.15, 0.2) is 0 Å². The van der Waals surface area contributed by atoms with Gasteiger partial charge in [0, 0.05) is 18.4 Å². The van der Waals surface area contributed by atoms with Crippen molar-refractivity contribution in [3.8, 4) is 0 Å². The van der Waals surface area contributed by atoms with Crippen LogP contribution in [-0.4, -0.2) is 39.2 Å². The lowest BCUT2D eigenvalue weighted by molar-refractivity contribution is 0.0434. The summed E-state index contributed by atoms with van der Waals surface area (Å²) >= 11 is 0. The number of likely N-dealkylation sites (tertiary alicyclic amines) is 1. The number of aromatic amines is 1. The van der Waals surface area contributed by atoms with E-state index >= 15 is 0 Å². The average molecular weight is 251 g/mol. The third kappa shape index (κ3) is 3.82. The Hall–Kier alpha value is -0.870. The first kappa shape index (κ1) is 13.6. The number of piperidine rings is 1. The molecular formula is C14H25N3O. The fraction of sp³-hybridized carbons (Fsp3) is 0.786. The van der Waals surface area contributed by atoms with Crippen LogP contribution < -0.4 is 0 Å². The molecule has 0 aliphatic carbocycles. The molecule has 0 amide bonds. The third-order valence-corrected chi connectivity index (χ3v) is 3.84. The molecule has 4 nitrogen and oxygen atoms in total. The van der Waals surface area contributed by atoms with Crippen molar-refractivity contribution in [1.29, 1.82) is 0 Å². The van der Waals surface area contributed by atoms with Crippen molar-refractivity contribution in [3.63, 3.8) is 0 Å². The second kappa shape index (κ2) is 6.34. The summed E-state index contributed by atoms with van der Waals surface area (Å²) in [6, 6.07) is 0. The van der Waals surface area contributed by atoms with Crippen LogP contribution in [-0.2, 0) is 6.54 Å². The van der Waals surface area contributed by atoms with Gasteiger partial charge in [0.05, 0.1) is 12.4 Å². The van der Waals surface area contributed by atoms with Crippen LogP contribution in [0.4, 0.5) is 0 Å². The summed E-state index contributed by atoms with van der Waals surface area (Å²) in [5.41, 5.74) is 1.18. The van der Waals surface area contributed by atoms with E-state index in [4.69, 9.17) is 0 Å². The molecular weight excluding hydrogens is 226 g/mol. The van der Waals surface area contributed by atoms with Crippen LogP contribution in [0.3, 0.4) is 0 Å². The first-order valence-electron chi connectivity index (χ1n) is 7.03. The van der Waals surface area contributed by atoms with Crippen LogP contribution in [0.5, 0.6) is 0 Å². The minimum atomic E-state index is -0.112. The highest BCUT2D eigenvalue weighted by Crippen LogP contribution is 2.25. The second-order valence-corrected chi connectivity index (χ2v) is 5.89. The Morgan fingerprint density at radius 1 is 1.44 bits per heavy atom. The van der Waals surface area contributed by atoms with Gasteiger partial charge in [-0.2, -0.15) is 0 Å². The van der Waals surface area contributed by atoms with Crippen LogP contribution in [0, 0.1) is 11.8 Å². The van der Waals surface area contributed by atoms with Crippen molar-refractivity contribution in [2.45, 2.75) is 45.8 Å². The van der Waals surface area contributed by atoms with Gasteiger partial charge in [-0.15, -0.1) is 0 Å². The highest BCUT2D eigenvalue weighted by atomic mass is 16.3. The summed E-state index contributed by atoms with van der Waals surface area (Å²) in [5.74, 6) is 1.08. The lowest BCUT2D eigenvalue weighted by Gasteiger charge is -2.34. The van der Waals surface area contributed by atoms with Gasteiger partial charge < -0.3 is 10.1 Å². The maximum Gasteiger partial charge on any atom is 0.0922 e. The molecule has 1 unspecified atom stereocenters. The van der Waals surface area contributed by atoms with E-state index in [1.165, 1.54) is 5.69 Å². The van der Waals surface area contributed by atoms with E-state index in [0.717, 1.165) is 38.9 Å². The molecule has 1 fully saturated rings. The normalized spacial score (nSPS) is 20.4. The maximum atomic E-state index is 10.2. The first-order valence-corrected chi connectivity index (χ1v) is 7.03. The summed E-state index contributed by atoms with van der Waals surface area (Å²) in [4.78, 5) is 9.62. The Morgan fingerprint density at radius 2 is 2.17 bits per heavy atom. The predicted octanol–water partition coefficient (Wildman–Crippen LogP) is 2.03. The number of hydrogen-bond donors (Lipinski definition) is 2. The molecule has 0 radical (unpaired) electrons. The van der Waals surface area contributed by atoms with Gasteiger partial charge in [-0.05, 0) is 44.2 Å². The van der Waals surface area contributed by atoms with E-state index in [-0.39, 0.29) is 6.10 Å². The van der Waals surface area contributed by atoms with Crippen LogP contribution in [0.2, 0.25) is 0 Å². The smallest absolute Gasteiger partial charge is 0.0922 e. The molecule has 0 bridgehead atoms. The molecule has 1 aliphatic heterocycles. The van der Waals surface area contributed by atoms with Gasteiger partial charge in [-0.3, -0.25) is 4.90 Å². The summed E-state index contributed by atoms with van der Waals surface area (Å²) in [6.07, 6.45) is 6.67. The number of aliphatic hydroxyl groups excluding tert-OH is 1. The molecule has 1 atom stereocenters. The molecule has 1 saturated heterocycles. The highest BCUT2D eigenvalue weighted by molar-refractivity contribution is 4.94. The van der Waals surface area contributed by atoms with Crippen LogP contribution in [0.15, 0.2) is 12.5 Å². The van der Waals surface area contributed by atoms with Gasteiger partial charge in [0.25, 0.3) is 0 Å². The van der Waals surface area contributed by atoms with Gasteiger partial charge in [-0.25, -0.2) is 4.98 Å². The number of aliphatic hydroxyl groups is 1. The van der Waals surface area contributed by atoms with E-state index in [0.29, 0.717) is 11.8 Å². The summed E-state index contributed by atoms with van der Waals surface area (Å²) in [7, 11) is 0. The largest absolute Gasteiger partial charge is 0.393 e. The first-order chi connectivity index (χ1) is 8.65. The lowest BCUT2D eigenvalue weighted by Crippen LogP contribution is -2.37. The average Bonchev–Trinajstić information content (AvgIpc) is 2.82. The van der Waals surface area contributed by atoms with E-state index < -0.39 is 0 Å². The molecule has 0 spiro atoms. The van der Waals surface area contributed by atoms with E-state index in [1.54, 1.807) is 6.33 Å². The van der Waals surface area contributed by atoms with Gasteiger partial charge in [0.2, 0.25) is 0 Å². The molecule has 2 N–H and O–H groups in total. The van der Waals surface area contributed by atoms with Gasteiger partial charge in [-0.1, -0.05) is 13.8 Å². The van der Waals surface area contributed by atoms with Crippen molar-refractivity contribution < 1.29 is 5.11 Å². The zero-order valence-electron chi connectivity index (χ0n) is 11.5. The van der Waals surface area contributed by atoms with E-state index in [2.05, 4.69) is 28.7 Å². The fourth-order valence-electron chi connectivity index (χ4n) is 2.78. The molecule has 0 aromatic carbocycles. The van der Waals surface area contributed by atoms with Crippen LogP contribution >= 0.6 is 0 Å². The Bertz CT molecular complexity index is 329. The molecule has 1 aromatic rings. The van der Waals surface area contributed by atoms with Crippen molar-refractivity contribution in [3.05, 3.63) is 18.2 Å². The highest BCUT2D eigenvalue weighted by Gasteiger charge is 2.25. The molecule has 18 heavy (non-hydrogen) atoms.